The molecule has 9 heteroatoms. The van der Waals surface area contributed by atoms with Crippen LogP contribution in [0.3, 0.4) is 0 Å². The van der Waals surface area contributed by atoms with E-state index in [9.17, 15) is 27.6 Å². The normalized spacial score (nSPS) is 15.2. The molecule has 26 heavy (non-hydrogen) atoms. The Morgan fingerprint density at radius 1 is 0.962 bits per heavy atom. The van der Waals surface area contributed by atoms with Crippen molar-refractivity contribution in [3.8, 4) is 0 Å². The first-order valence-electron chi connectivity index (χ1n) is 8.16. The zero-order chi connectivity index (χ0) is 19.5. The minimum atomic E-state index is -4.45. The van der Waals surface area contributed by atoms with Crippen LogP contribution in [0.15, 0.2) is 24.3 Å². The lowest BCUT2D eigenvalue weighted by molar-refractivity contribution is -0.147. The summed E-state index contributed by atoms with van der Waals surface area (Å²) in [7, 11) is 0. The molecule has 1 heterocycles. The summed E-state index contributed by atoms with van der Waals surface area (Å²) in [6.07, 6.45) is -4.45. The number of hydrogen-bond donors (Lipinski definition) is 1. The van der Waals surface area contributed by atoms with Gasteiger partial charge in [-0.05, 0) is 38.1 Å². The summed E-state index contributed by atoms with van der Waals surface area (Å²) < 4.78 is 37.7. The highest BCUT2D eigenvalue weighted by Crippen LogP contribution is 2.29. The molecule has 6 nitrogen and oxygen atoms in total. The molecule has 0 aliphatic carbocycles. The van der Waals surface area contributed by atoms with Crippen molar-refractivity contribution >= 4 is 17.7 Å². The highest BCUT2D eigenvalue weighted by Gasteiger charge is 2.31. The Morgan fingerprint density at radius 2 is 1.46 bits per heavy atom. The number of benzene rings is 1. The minimum Gasteiger partial charge on any atom is -0.346 e. The molecule has 0 atom stereocenters. The third-order valence-electron chi connectivity index (χ3n) is 3.93. The van der Waals surface area contributed by atoms with Gasteiger partial charge in [0.2, 0.25) is 0 Å². The van der Waals surface area contributed by atoms with Gasteiger partial charge in [0.25, 0.3) is 5.91 Å². The number of carbonyl (C=O) groups excluding carboxylic acids is 3. The first-order chi connectivity index (χ1) is 12.1. The summed E-state index contributed by atoms with van der Waals surface area (Å²) >= 11 is 0. The van der Waals surface area contributed by atoms with Crippen LogP contribution in [0.5, 0.6) is 0 Å². The number of hydrogen-bond acceptors (Lipinski definition) is 3. The van der Waals surface area contributed by atoms with Crippen molar-refractivity contribution in [2.75, 3.05) is 26.2 Å². The van der Waals surface area contributed by atoms with Crippen LogP contribution in [0.1, 0.15) is 29.8 Å². The van der Waals surface area contributed by atoms with Gasteiger partial charge in [0.1, 0.15) is 0 Å². The van der Waals surface area contributed by atoms with Gasteiger partial charge in [-0.2, -0.15) is 13.2 Å². The maximum atomic E-state index is 12.6. The van der Waals surface area contributed by atoms with Crippen LogP contribution in [0.2, 0.25) is 0 Å². The van der Waals surface area contributed by atoms with Gasteiger partial charge in [0.05, 0.1) is 5.56 Å². The van der Waals surface area contributed by atoms with E-state index >= 15 is 0 Å². The first kappa shape index (κ1) is 19.7. The van der Waals surface area contributed by atoms with Gasteiger partial charge in [-0.3, -0.25) is 14.4 Å². The third kappa shape index (κ3) is 4.74. The maximum Gasteiger partial charge on any atom is 0.416 e. The van der Waals surface area contributed by atoms with Crippen LogP contribution >= 0.6 is 0 Å². The molecule has 0 spiro atoms. The van der Waals surface area contributed by atoms with Crippen molar-refractivity contribution in [3.63, 3.8) is 0 Å². The molecular weight excluding hydrogens is 351 g/mol. The standard InChI is InChI=1S/C17H20F3N3O3/c1-11(2)21-14(24)16(26)23-9-7-22(8-10-23)15(25)12-3-5-13(6-4-12)17(18,19)20/h3-6,11H,7-10H2,1-2H3,(H,21,24). The Bertz CT molecular complexity index is 679. The topological polar surface area (TPSA) is 69.7 Å². The Kier molecular flexibility index (Phi) is 5.89. The molecule has 0 bridgehead atoms. The number of amides is 3. The number of nitrogens with zero attached hydrogens (tertiary/aromatic N) is 2. The van der Waals surface area contributed by atoms with Crippen LogP contribution in [-0.4, -0.2) is 59.7 Å². The molecule has 1 N–H and O–H groups in total. The lowest BCUT2D eigenvalue weighted by atomic mass is 10.1. The average Bonchev–Trinajstić information content (AvgIpc) is 2.59. The number of halogens is 3. The molecule has 1 fully saturated rings. The number of nitrogens with one attached hydrogen (secondary N) is 1. The predicted octanol–water partition coefficient (Wildman–Crippen LogP) is 1.51. The van der Waals surface area contributed by atoms with Crippen molar-refractivity contribution in [1.82, 2.24) is 15.1 Å². The SMILES string of the molecule is CC(C)NC(=O)C(=O)N1CCN(C(=O)c2ccc(C(F)(F)F)cc2)CC1. The molecule has 1 saturated heterocycles. The molecule has 1 aromatic rings. The molecule has 0 radical (unpaired) electrons. The lowest BCUT2D eigenvalue weighted by Crippen LogP contribution is -2.54. The summed E-state index contributed by atoms with van der Waals surface area (Å²) in [5.74, 6) is -1.75. The molecule has 0 aromatic heterocycles. The van der Waals surface area contributed by atoms with Crippen molar-refractivity contribution in [1.29, 1.82) is 0 Å². The van der Waals surface area contributed by atoms with Gasteiger partial charge < -0.3 is 15.1 Å². The van der Waals surface area contributed by atoms with E-state index in [1.807, 2.05) is 0 Å². The summed E-state index contributed by atoms with van der Waals surface area (Å²) in [4.78, 5) is 38.9. The van der Waals surface area contributed by atoms with E-state index in [0.29, 0.717) is 0 Å². The molecule has 142 valence electrons. The van der Waals surface area contributed by atoms with Gasteiger partial charge in [-0.1, -0.05) is 0 Å². The van der Waals surface area contributed by atoms with E-state index in [1.54, 1.807) is 13.8 Å². The molecule has 1 aliphatic rings. The first-order valence-corrected chi connectivity index (χ1v) is 8.16. The average molecular weight is 371 g/mol. The van der Waals surface area contributed by atoms with E-state index < -0.39 is 29.5 Å². The molecule has 1 aliphatic heterocycles. The Labute approximate surface area is 148 Å². The van der Waals surface area contributed by atoms with Gasteiger partial charge in [0.15, 0.2) is 0 Å². The van der Waals surface area contributed by atoms with E-state index in [2.05, 4.69) is 5.32 Å². The number of carbonyl (C=O) groups is 3. The number of rotatable bonds is 2. The Hall–Kier alpha value is -2.58. The van der Waals surface area contributed by atoms with Crippen molar-refractivity contribution < 1.29 is 27.6 Å². The summed E-state index contributed by atoms with van der Waals surface area (Å²) in [6.45, 7) is 4.28. The molecule has 1 aromatic carbocycles. The molecule has 2 rings (SSSR count). The van der Waals surface area contributed by atoms with E-state index in [0.717, 1.165) is 24.3 Å². The Morgan fingerprint density at radius 3 is 1.92 bits per heavy atom. The van der Waals surface area contributed by atoms with E-state index in [1.165, 1.54) is 9.80 Å². The quantitative estimate of drug-likeness (QED) is 0.802. The lowest BCUT2D eigenvalue weighted by Gasteiger charge is -2.34. The van der Waals surface area contributed by atoms with Crippen LogP contribution < -0.4 is 5.32 Å². The molecular formula is C17H20F3N3O3. The second-order valence-electron chi connectivity index (χ2n) is 6.29. The second-order valence-corrected chi connectivity index (χ2v) is 6.29. The molecule has 3 amide bonds. The molecule has 0 saturated carbocycles. The van der Waals surface area contributed by atoms with Crippen LogP contribution in [0.4, 0.5) is 13.2 Å². The highest BCUT2D eigenvalue weighted by atomic mass is 19.4. The minimum absolute atomic E-state index is 0.148. The maximum absolute atomic E-state index is 12.6. The monoisotopic (exact) mass is 371 g/mol. The van der Waals surface area contributed by atoms with Crippen molar-refractivity contribution in [2.45, 2.75) is 26.1 Å². The predicted molar refractivity (Wildman–Crippen MR) is 87.2 cm³/mol. The fourth-order valence-electron chi connectivity index (χ4n) is 2.56. The van der Waals surface area contributed by atoms with Crippen LogP contribution in [0, 0.1) is 0 Å². The second kappa shape index (κ2) is 7.76. The summed E-state index contributed by atoms with van der Waals surface area (Å²) in [5.41, 5.74) is -0.670. The highest BCUT2D eigenvalue weighted by molar-refractivity contribution is 6.35. The zero-order valence-electron chi connectivity index (χ0n) is 14.5. The van der Waals surface area contributed by atoms with Gasteiger partial charge >= 0.3 is 18.0 Å². The van der Waals surface area contributed by atoms with Crippen LogP contribution in [-0.2, 0) is 15.8 Å². The fraction of sp³-hybridized carbons (Fsp3) is 0.471. The summed E-state index contributed by atoms with van der Waals surface area (Å²) in [5, 5.41) is 2.51. The van der Waals surface area contributed by atoms with Gasteiger partial charge in [-0.25, -0.2) is 0 Å². The van der Waals surface area contributed by atoms with E-state index in [4.69, 9.17) is 0 Å². The van der Waals surface area contributed by atoms with Crippen LogP contribution in [0.25, 0.3) is 0 Å². The fourth-order valence-corrected chi connectivity index (χ4v) is 2.56. The third-order valence-corrected chi connectivity index (χ3v) is 3.93. The van der Waals surface area contributed by atoms with E-state index in [-0.39, 0.29) is 37.8 Å². The largest absolute Gasteiger partial charge is 0.416 e. The zero-order valence-corrected chi connectivity index (χ0v) is 14.5. The number of piperazine rings is 1. The van der Waals surface area contributed by atoms with Crippen molar-refractivity contribution in [3.05, 3.63) is 35.4 Å². The summed E-state index contributed by atoms with van der Waals surface area (Å²) in [6, 6.07) is 3.85. The van der Waals surface area contributed by atoms with Crippen molar-refractivity contribution in [2.24, 2.45) is 0 Å². The Balaban J connectivity index is 1.94. The van der Waals surface area contributed by atoms with Gasteiger partial charge in [0, 0.05) is 37.8 Å². The van der Waals surface area contributed by atoms with Gasteiger partial charge in [-0.15, -0.1) is 0 Å². The number of alkyl halides is 3. The smallest absolute Gasteiger partial charge is 0.346 e. The molecule has 0 unspecified atom stereocenters.